The van der Waals surface area contributed by atoms with E-state index in [1.165, 1.54) is 17.1 Å². The van der Waals surface area contributed by atoms with Crippen LogP contribution in [-0.2, 0) is 13.0 Å². The summed E-state index contributed by atoms with van der Waals surface area (Å²) in [6.45, 7) is 3.32. The summed E-state index contributed by atoms with van der Waals surface area (Å²) in [6, 6.07) is 5.81. The van der Waals surface area contributed by atoms with Crippen LogP contribution in [0.25, 0.3) is 0 Å². The minimum atomic E-state index is 0.191. The highest BCUT2D eigenvalue weighted by Crippen LogP contribution is 2.48. The minimum absolute atomic E-state index is 0.191. The summed E-state index contributed by atoms with van der Waals surface area (Å²) >= 11 is 16.5. The van der Waals surface area contributed by atoms with Gasteiger partial charge in [0.15, 0.2) is 0 Å². The van der Waals surface area contributed by atoms with Gasteiger partial charge >= 0.3 is 0 Å². The number of imidazole rings is 1. The molecule has 1 aliphatic rings. The molecule has 23 heavy (non-hydrogen) atoms. The SMILES string of the molecule is CC1CSC(CCc2ccc(Cl)cc2Cl)(Cn2ccnc2)SC1. The molecule has 0 saturated carbocycles. The number of rotatable bonds is 5. The molecule has 2 heterocycles. The maximum atomic E-state index is 6.35. The van der Waals surface area contributed by atoms with E-state index in [9.17, 15) is 0 Å². The first-order valence-electron chi connectivity index (χ1n) is 7.74. The number of nitrogens with zero attached hydrogens (tertiary/aromatic N) is 2. The lowest BCUT2D eigenvalue weighted by Gasteiger charge is -2.38. The Balaban J connectivity index is 1.73. The molecule has 2 aromatic rings. The maximum Gasteiger partial charge on any atom is 0.0946 e. The first-order valence-corrected chi connectivity index (χ1v) is 10.5. The van der Waals surface area contributed by atoms with Crippen LogP contribution in [0.4, 0.5) is 0 Å². The number of benzene rings is 1. The summed E-state index contributed by atoms with van der Waals surface area (Å²) in [5.41, 5.74) is 1.18. The molecule has 0 bridgehead atoms. The molecule has 0 unspecified atom stereocenters. The van der Waals surface area contributed by atoms with E-state index in [4.69, 9.17) is 23.2 Å². The molecular formula is C17H20Cl2N2S2. The second kappa shape index (κ2) is 7.73. The lowest BCUT2D eigenvalue weighted by molar-refractivity contribution is 0.578. The molecule has 3 rings (SSSR count). The molecule has 0 radical (unpaired) electrons. The van der Waals surface area contributed by atoms with Crippen LogP contribution in [0.5, 0.6) is 0 Å². The van der Waals surface area contributed by atoms with Gasteiger partial charge in [0.25, 0.3) is 0 Å². The summed E-state index contributed by atoms with van der Waals surface area (Å²) < 4.78 is 2.38. The number of aromatic nitrogens is 2. The Labute approximate surface area is 156 Å². The van der Waals surface area contributed by atoms with E-state index in [2.05, 4.69) is 52.3 Å². The number of halogens is 2. The van der Waals surface area contributed by atoms with Gasteiger partial charge in [0, 0.05) is 29.0 Å². The summed E-state index contributed by atoms with van der Waals surface area (Å²) in [6.07, 6.45) is 7.88. The molecule has 0 spiro atoms. The van der Waals surface area contributed by atoms with Crippen LogP contribution < -0.4 is 0 Å². The third kappa shape index (κ3) is 4.62. The smallest absolute Gasteiger partial charge is 0.0946 e. The number of hydrogen-bond acceptors (Lipinski definition) is 3. The van der Waals surface area contributed by atoms with E-state index in [1.807, 2.05) is 24.7 Å². The van der Waals surface area contributed by atoms with E-state index in [-0.39, 0.29) is 4.08 Å². The minimum Gasteiger partial charge on any atom is -0.335 e. The van der Waals surface area contributed by atoms with Gasteiger partial charge < -0.3 is 4.57 Å². The predicted octanol–water partition coefficient (Wildman–Crippen LogP) is 5.64. The first-order chi connectivity index (χ1) is 11.1. The fourth-order valence-electron chi connectivity index (χ4n) is 2.70. The van der Waals surface area contributed by atoms with Crippen molar-refractivity contribution >= 4 is 46.7 Å². The molecule has 124 valence electrons. The monoisotopic (exact) mass is 386 g/mol. The summed E-state index contributed by atoms with van der Waals surface area (Å²) in [5, 5.41) is 1.47. The number of hydrogen-bond donors (Lipinski definition) is 0. The van der Waals surface area contributed by atoms with Crippen LogP contribution in [0.15, 0.2) is 36.9 Å². The van der Waals surface area contributed by atoms with Crippen molar-refractivity contribution in [1.82, 2.24) is 9.55 Å². The second-order valence-electron chi connectivity index (χ2n) is 6.11. The van der Waals surface area contributed by atoms with Crippen molar-refractivity contribution in [2.75, 3.05) is 11.5 Å². The Hall–Kier alpha value is -0.290. The molecule has 1 saturated heterocycles. The molecule has 0 amide bonds. The molecule has 2 nitrogen and oxygen atoms in total. The Morgan fingerprint density at radius 3 is 2.74 bits per heavy atom. The largest absolute Gasteiger partial charge is 0.335 e. The predicted molar refractivity (Wildman–Crippen MR) is 104 cm³/mol. The zero-order chi connectivity index (χ0) is 16.3. The van der Waals surface area contributed by atoms with Crippen molar-refractivity contribution in [3.63, 3.8) is 0 Å². The van der Waals surface area contributed by atoms with E-state index in [1.54, 1.807) is 0 Å². The molecule has 0 aliphatic carbocycles. The highest BCUT2D eigenvalue weighted by molar-refractivity contribution is 8.18. The Morgan fingerprint density at radius 2 is 2.09 bits per heavy atom. The Bertz CT molecular complexity index is 638. The van der Waals surface area contributed by atoms with E-state index in [0.717, 1.165) is 30.3 Å². The van der Waals surface area contributed by atoms with Crippen LogP contribution >= 0.6 is 46.7 Å². The van der Waals surface area contributed by atoms with Crippen molar-refractivity contribution in [2.24, 2.45) is 5.92 Å². The summed E-state index contributed by atoms with van der Waals surface area (Å²) in [7, 11) is 0. The van der Waals surface area contributed by atoms with Gasteiger partial charge in [-0.15, -0.1) is 23.5 Å². The average molecular weight is 387 g/mol. The average Bonchev–Trinajstić information content (AvgIpc) is 3.02. The van der Waals surface area contributed by atoms with Crippen LogP contribution in [0.2, 0.25) is 10.0 Å². The molecular weight excluding hydrogens is 367 g/mol. The van der Waals surface area contributed by atoms with E-state index < -0.39 is 0 Å². The standard InChI is InChI=1S/C17H20Cl2N2S2/c1-13-9-22-17(23-10-13,11-21-7-6-20-12-21)5-4-14-2-3-15(18)8-16(14)19/h2-3,6-8,12-13H,4-5,9-11H2,1H3. The molecule has 1 aliphatic heterocycles. The summed E-state index contributed by atoms with van der Waals surface area (Å²) in [4.78, 5) is 4.18. The zero-order valence-corrected chi connectivity index (χ0v) is 16.2. The highest BCUT2D eigenvalue weighted by Gasteiger charge is 2.36. The van der Waals surface area contributed by atoms with Gasteiger partial charge in [-0.05, 0) is 48.0 Å². The fourth-order valence-corrected chi connectivity index (χ4v) is 6.48. The van der Waals surface area contributed by atoms with Gasteiger partial charge in [-0.3, -0.25) is 0 Å². The van der Waals surface area contributed by atoms with E-state index in [0.29, 0.717) is 5.02 Å². The van der Waals surface area contributed by atoms with Crippen LogP contribution in [0.3, 0.4) is 0 Å². The third-order valence-electron chi connectivity index (χ3n) is 4.03. The third-order valence-corrected chi connectivity index (χ3v) is 8.52. The molecule has 0 N–H and O–H groups in total. The van der Waals surface area contributed by atoms with Crippen molar-refractivity contribution in [3.8, 4) is 0 Å². The van der Waals surface area contributed by atoms with Gasteiger partial charge in [-0.1, -0.05) is 36.2 Å². The van der Waals surface area contributed by atoms with E-state index >= 15 is 0 Å². The summed E-state index contributed by atoms with van der Waals surface area (Å²) in [5.74, 6) is 3.21. The van der Waals surface area contributed by atoms with Crippen molar-refractivity contribution in [2.45, 2.75) is 30.4 Å². The number of aryl methyl sites for hydroxylation is 1. The second-order valence-corrected chi connectivity index (χ2v) is 10.0. The quantitative estimate of drug-likeness (QED) is 0.662. The highest BCUT2D eigenvalue weighted by atomic mass is 35.5. The van der Waals surface area contributed by atoms with Crippen molar-refractivity contribution < 1.29 is 0 Å². The molecule has 0 atom stereocenters. The molecule has 6 heteroatoms. The molecule has 1 aromatic heterocycles. The van der Waals surface area contributed by atoms with Gasteiger partial charge in [0.2, 0.25) is 0 Å². The first kappa shape index (κ1) is 17.5. The lowest BCUT2D eigenvalue weighted by Crippen LogP contribution is -2.33. The zero-order valence-electron chi connectivity index (χ0n) is 13.0. The Kier molecular flexibility index (Phi) is 5.89. The normalized spacial score (nSPS) is 24.7. The topological polar surface area (TPSA) is 17.8 Å². The lowest BCUT2D eigenvalue weighted by atomic mass is 10.1. The number of thioether (sulfide) groups is 2. The molecule has 1 fully saturated rings. The fraction of sp³-hybridized carbons (Fsp3) is 0.471. The van der Waals surface area contributed by atoms with Gasteiger partial charge in [0.05, 0.1) is 10.4 Å². The van der Waals surface area contributed by atoms with Gasteiger partial charge in [0.1, 0.15) is 0 Å². The Morgan fingerprint density at radius 1 is 1.30 bits per heavy atom. The van der Waals surface area contributed by atoms with Crippen LogP contribution in [0.1, 0.15) is 18.9 Å². The van der Waals surface area contributed by atoms with Gasteiger partial charge in [-0.25, -0.2) is 4.98 Å². The van der Waals surface area contributed by atoms with Crippen molar-refractivity contribution in [1.29, 1.82) is 0 Å². The van der Waals surface area contributed by atoms with Crippen molar-refractivity contribution in [3.05, 3.63) is 52.5 Å². The van der Waals surface area contributed by atoms with Crippen LogP contribution in [-0.4, -0.2) is 25.1 Å². The van der Waals surface area contributed by atoms with Crippen LogP contribution in [0, 0.1) is 5.92 Å². The van der Waals surface area contributed by atoms with Gasteiger partial charge in [-0.2, -0.15) is 0 Å². The molecule has 1 aromatic carbocycles. The maximum absolute atomic E-state index is 6.35.